The molecule has 0 aromatic heterocycles. The van der Waals surface area contributed by atoms with Crippen LogP contribution in [0.15, 0.2) is 77.9 Å². The van der Waals surface area contributed by atoms with Crippen LogP contribution in [-0.4, -0.2) is 30.4 Å². The van der Waals surface area contributed by atoms with Gasteiger partial charge in [-0.3, -0.25) is 9.59 Å². The first-order valence-electron chi connectivity index (χ1n) is 10.5. The minimum absolute atomic E-state index is 0.0851. The molecule has 0 saturated heterocycles. The zero-order chi connectivity index (χ0) is 23.5. The Labute approximate surface area is 198 Å². The molecule has 2 N–H and O–H groups in total. The van der Waals surface area contributed by atoms with Crippen molar-refractivity contribution in [2.75, 3.05) is 17.7 Å². The maximum Gasteiger partial charge on any atom is 0.262 e. The maximum atomic E-state index is 12.0. The number of carbonyl (C=O) groups is 2. The molecule has 0 bridgehead atoms. The van der Waals surface area contributed by atoms with Gasteiger partial charge in [0.05, 0.1) is 12.0 Å². The second-order valence-electron chi connectivity index (χ2n) is 7.55. The third-order valence-corrected chi connectivity index (χ3v) is 5.50. The standard InChI is InChI=1S/C26H27N3O3S/c1-19-12-20(2)14-22(13-19)17-33-18-26(31)29-27-15-21-8-10-24(11-9-21)32-16-25(30)28-23-6-4-3-5-7-23/h3-15H,16-18H2,1-2H3,(H,28,30)(H,29,31)/b27-15-. The molecule has 7 heteroatoms. The smallest absolute Gasteiger partial charge is 0.262 e. The number of aryl methyl sites for hydroxylation is 2. The zero-order valence-corrected chi connectivity index (χ0v) is 19.5. The first-order valence-corrected chi connectivity index (χ1v) is 11.7. The molecule has 0 radical (unpaired) electrons. The van der Waals surface area contributed by atoms with Crippen LogP contribution in [0.2, 0.25) is 0 Å². The largest absolute Gasteiger partial charge is 0.484 e. The molecule has 0 fully saturated rings. The molecule has 33 heavy (non-hydrogen) atoms. The molecule has 0 aliphatic rings. The number of rotatable bonds is 10. The van der Waals surface area contributed by atoms with Crippen LogP contribution in [0, 0.1) is 13.8 Å². The monoisotopic (exact) mass is 461 g/mol. The van der Waals surface area contributed by atoms with Gasteiger partial charge in [-0.1, -0.05) is 47.5 Å². The van der Waals surface area contributed by atoms with E-state index in [1.54, 1.807) is 42.2 Å². The Balaban J connectivity index is 1.36. The molecule has 6 nitrogen and oxygen atoms in total. The molecule has 0 atom stereocenters. The summed E-state index contributed by atoms with van der Waals surface area (Å²) in [6.07, 6.45) is 1.57. The van der Waals surface area contributed by atoms with Crippen molar-refractivity contribution in [3.8, 4) is 5.75 Å². The van der Waals surface area contributed by atoms with Gasteiger partial charge in [0.2, 0.25) is 5.91 Å². The lowest BCUT2D eigenvalue weighted by molar-refractivity contribution is -0.119. The van der Waals surface area contributed by atoms with E-state index in [2.05, 4.69) is 47.9 Å². The lowest BCUT2D eigenvalue weighted by atomic mass is 10.1. The molecule has 2 amide bonds. The van der Waals surface area contributed by atoms with Gasteiger partial charge in [0.25, 0.3) is 5.91 Å². The van der Waals surface area contributed by atoms with E-state index < -0.39 is 0 Å². The average molecular weight is 462 g/mol. The van der Waals surface area contributed by atoms with E-state index in [-0.39, 0.29) is 18.4 Å². The number of carbonyl (C=O) groups excluding carboxylic acids is 2. The lowest BCUT2D eigenvalue weighted by Crippen LogP contribution is -2.20. The number of hydrogen-bond donors (Lipinski definition) is 2. The highest BCUT2D eigenvalue weighted by atomic mass is 32.2. The predicted octanol–water partition coefficient (Wildman–Crippen LogP) is 4.70. The summed E-state index contributed by atoms with van der Waals surface area (Å²) < 4.78 is 5.50. The fraction of sp³-hybridized carbons (Fsp3) is 0.192. The quantitative estimate of drug-likeness (QED) is 0.339. The molecule has 0 heterocycles. The number of nitrogens with one attached hydrogen (secondary N) is 2. The van der Waals surface area contributed by atoms with Crippen molar-refractivity contribution < 1.29 is 14.3 Å². The molecule has 0 saturated carbocycles. The summed E-state index contributed by atoms with van der Waals surface area (Å²) >= 11 is 1.55. The molecule has 3 rings (SSSR count). The Hall–Kier alpha value is -3.58. The highest BCUT2D eigenvalue weighted by molar-refractivity contribution is 7.99. The SMILES string of the molecule is Cc1cc(C)cc(CSCC(=O)N/N=C\c2ccc(OCC(=O)Nc3ccccc3)cc2)c1. The van der Waals surface area contributed by atoms with Crippen molar-refractivity contribution in [2.24, 2.45) is 5.10 Å². The Kier molecular flexibility index (Phi) is 9.08. The Morgan fingerprint density at radius 1 is 0.939 bits per heavy atom. The lowest BCUT2D eigenvalue weighted by Gasteiger charge is -2.07. The number of amides is 2. The van der Waals surface area contributed by atoms with E-state index in [9.17, 15) is 9.59 Å². The van der Waals surface area contributed by atoms with E-state index in [1.807, 2.05) is 30.3 Å². The highest BCUT2D eigenvalue weighted by Crippen LogP contribution is 2.16. The van der Waals surface area contributed by atoms with Crippen molar-refractivity contribution in [3.63, 3.8) is 0 Å². The van der Waals surface area contributed by atoms with Crippen molar-refractivity contribution in [1.29, 1.82) is 0 Å². The summed E-state index contributed by atoms with van der Waals surface area (Å²) in [7, 11) is 0. The zero-order valence-electron chi connectivity index (χ0n) is 18.7. The molecule has 3 aromatic rings. The van der Waals surface area contributed by atoms with E-state index in [0.29, 0.717) is 11.5 Å². The maximum absolute atomic E-state index is 12.0. The van der Waals surface area contributed by atoms with Gasteiger partial charge in [0.15, 0.2) is 6.61 Å². The summed E-state index contributed by atoms with van der Waals surface area (Å²) in [5.41, 5.74) is 7.75. The number of thioether (sulfide) groups is 1. The number of hydrogen-bond acceptors (Lipinski definition) is 5. The fourth-order valence-electron chi connectivity index (χ4n) is 3.14. The average Bonchev–Trinajstić information content (AvgIpc) is 2.79. The molecule has 170 valence electrons. The Morgan fingerprint density at radius 3 is 2.33 bits per heavy atom. The van der Waals surface area contributed by atoms with Gasteiger partial charge >= 0.3 is 0 Å². The van der Waals surface area contributed by atoms with Crippen LogP contribution >= 0.6 is 11.8 Å². The summed E-state index contributed by atoms with van der Waals surface area (Å²) in [6, 6.07) is 22.7. The Morgan fingerprint density at radius 2 is 1.64 bits per heavy atom. The summed E-state index contributed by atoms with van der Waals surface area (Å²) in [6.45, 7) is 4.06. The molecule has 0 aliphatic carbocycles. The first kappa shape index (κ1) is 24.1. The number of hydrazone groups is 1. The third-order valence-electron chi connectivity index (χ3n) is 4.49. The number of ether oxygens (including phenoxy) is 1. The van der Waals surface area contributed by atoms with Gasteiger partial charge in [0.1, 0.15) is 5.75 Å². The van der Waals surface area contributed by atoms with Crippen molar-refractivity contribution in [2.45, 2.75) is 19.6 Å². The molecule has 0 spiro atoms. The predicted molar refractivity (Wildman–Crippen MR) is 135 cm³/mol. The summed E-state index contributed by atoms with van der Waals surface area (Å²) in [4.78, 5) is 23.9. The van der Waals surface area contributed by atoms with Gasteiger partial charge in [-0.2, -0.15) is 5.10 Å². The van der Waals surface area contributed by atoms with Crippen molar-refractivity contribution in [3.05, 3.63) is 95.1 Å². The van der Waals surface area contributed by atoms with Crippen LogP contribution in [0.4, 0.5) is 5.69 Å². The van der Waals surface area contributed by atoms with Crippen molar-refractivity contribution in [1.82, 2.24) is 5.43 Å². The number of nitrogens with zero attached hydrogens (tertiary/aromatic N) is 1. The van der Waals surface area contributed by atoms with Crippen molar-refractivity contribution >= 4 is 35.5 Å². The second kappa shape index (κ2) is 12.5. The molecular weight excluding hydrogens is 434 g/mol. The van der Waals surface area contributed by atoms with Crippen LogP contribution in [0.1, 0.15) is 22.3 Å². The van der Waals surface area contributed by atoms with Gasteiger partial charge in [-0.05, 0) is 61.4 Å². The topological polar surface area (TPSA) is 79.8 Å². The molecule has 0 unspecified atom stereocenters. The van der Waals surface area contributed by atoms with Gasteiger partial charge in [-0.25, -0.2) is 5.43 Å². The minimum Gasteiger partial charge on any atom is -0.484 e. The van der Waals surface area contributed by atoms with Crippen LogP contribution in [0.25, 0.3) is 0 Å². The second-order valence-corrected chi connectivity index (χ2v) is 8.54. The van der Waals surface area contributed by atoms with E-state index in [4.69, 9.17) is 4.74 Å². The highest BCUT2D eigenvalue weighted by Gasteiger charge is 2.04. The normalized spacial score (nSPS) is 10.7. The van der Waals surface area contributed by atoms with E-state index >= 15 is 0 Å². The minimum atomic E-state index is -0.232. The molecule has 3 aromatic carbocycles. The Bertz CT molecular complexity index is 1080. The van der Waals surface area contributed by atoms with Gasteiger partial charge in [-0.15, -0.1) is 11.8 Å². The van der Waals surface area contributed by atoms with Gasteiger partial charge in [0, 0.05) is 11.4 Å². The number of para-hydroxylation sites is 1. The third kappa shape index (κ3) is 8.82. The molecule has 0 aliphatic heterocycles. The van der Waals surface area contributed by atoms with Crippen LogP contribution in [-0.2, 0) is 15.3 Å². The van der Waals surface area contributed by atoms with Crippen LogP contribution in [0.3, 0.4) is 0 Å². The first-order chi connectivity index (χ1) is 16.0. The van der Waals surface area contributed by atoms with Crippen LogP contribution in [0.5, 0.6) is 5.75 Å². The molecular formula is C26H27N3O3S. The number of benzene rings is 3. The van der Waals surface area contributed by atoms with E-state index in [1.165, 1.54) is 16.7 Å². The summed E-state index contributed by atoms with van der Waals surface area (Å²) in [5.74, 6) is 1.31. The summed E-state index contributed by atoms with van der Waals surface area (Å²) in [5, 5.41) is 6.77. The van der Waals surface area contributed by atoms with Gasteiger partial charge < -0.3 is 10.1 Å². The van der Waals surface area contributed by atoms with E-state index in [0.717, 1.165) is 17.0 Å². The number of anilines is 1. The van der Waals surface area contributed by atoms with Crippen LogP contribution < -0.4 is 15.5 Å². The fourth-order valence-corrected chi connectivity index (χ4v) is 3.90.